The van der Waals surface area contributed by atoms with Gasteiger partial charge in [-0.25, -0.2) is 8.78 Å². The number of nitrogens with one attached hydrogen (secondary N) is 1. The van der Waals surface area contributed by atoms with E-state index in [0.717, 1.165) is 11.6 Å². The number of aromatic nitrogens is 2. The van der Waals surface area contributed by atoms with Crippen molar-refractivity contribution in [2.24, 2.45) is 7.05 Å². The zero-order chi connectivity index (χ0) is 20.5. The lowest BCUT2D eigenvalue weighted by Crippen LogP contribution is -2.34. The molecule has 1 amide bonds. The van der Waals surface area contributed by atoms with E-state index in [1.165, 1.54) is 23.9 Å². The first-order valence-electron chi connectivity index (χ1n) is 8.97. The zero-order valence-electron chi connectivity index (χ0n) is 15.5. The fourth-order valence-electron chi connectivity index (χ4n) is 3.44. The van der Waals surface area contributed by atoms with Crippen molar-refractivity contribution in [1.82, 2.24) is 9.55 Å². The van der Waals surface area contributed by atoms with Crippen LogP contribution in [0.5, 0.6) is 0 Å². The largest absolute Gasteiger partial charge is 0.312 e. The third-order valence-corrected chi connectivity index (χ3v) is 5.97. The number of nitrogens with zero attached hydrogens (tertiary/aromatic N) is 2. The molecule has 3 aromatic rings. The van der Waals surface area contributed by atoms with Crippen LogP contribution < -0.4 is 10.9 Å². The van der Waals surface area contributed by atoms with E-state index in [1.54, 1.807) is 11.6 Å². The van der Waals surface area contributed by atoms with Crippen LogP contribution in [0.4, 0.5) is 14.6 Å². The van der Waals surface area contributed by atoms with Crippen LogP contribution in [0.1, 0.15) is 29.0 Å². The second kappa shape index (κ2) is 7.79. The number of benzene rings is 2. The lowest BCUT2D eigenvalue weighted by atomic mass is 9.86. The molecule has 0 saturated carbocycles. The highest BCUT2D eigenvalue weighted by molar-refractivity contribution is 7.98. The minimum Gasteiger partial charge on any atom is -0.312 e. The lowest BCUT2D eigenvalue weighted by molar-refractivity contribution is -0.116. The van der Waals surface area contributed by atoms with E-state index < -0.39 is 23.1 Å². The molecule has 148 valence electrons. The van der Waals surface area contributed by atoms with Gasteiger partial charge < -0.3 is 9.88 Å². The minimum atomic E-state index is -1.05. The standard InChI is InChI=1S/C21H17F2N3O2S/c1-26-19-17(20(28)25-21(26)29-11-12-6-3-2-4-7-12)14(10-16(27)24-19)13-8-5-9-15(22)18(13)23/h2-9,14H,10-11H2,1H3,(H,24,27). The average Bonchev–Trinajstić information content (AvgIpc) is 2.71. The molecule has 0 aliphatic carbocycles. The van der Waals surface area contributed by atoms with Gasteiger partial charge in [0, 0.05) is 25.1 Å². The fraction of sp³-hybridized carbons (Fsp3) is 0.190. The van der Waals surface area contributed by atoms with Crippen LogP contribution in [0.2, 0.25) is 0 Å². The van der Waals surface area contributed by atoms with Crippen molar-refractivity contribution in [2.45, 2.75) is 23.2 Å². The first kappa shape index (κ1) is 19.3. The summed E-state index contributed by atoms with van der Waals surface area (Å²) in [6.45, 7) is 0. The maximum atomic E-state index is 14.4. The maximum absolute atomic E-state index is 14.4. The van der Waals surface area contributed by atoms with Crippen molar-refractivity contribution in [3.8, 4) is 0 Å². The molecular weight excluding hydrogens is 396 g/mol. The summed E-state index contributed by atoms with van der Waals surface area (Å²) in [4.78, 5) is 29.3. The monoisotopic (exact) mass is 413 g/mol. The number of anilines is 1. The van der Waals surface area contributed by atoms with Crippen LogP contribution in [0, 0.1) is 11.6 Å². The molecular formula is C21H17F2N3O2S. The topological polar surface area (TPSA) is 64.0 Å². The second-order valence-corrected chi connectivity index (χ2v) is 7.69. The van der Waals surface area contributed by atoms with Gasteiger partial charge in [0.1, 0.15) is 5.82 Å². The molecule has 0 bridgehead atoms. The molecule has 5 nitrogen and oxygen atoms in total. The van der Waals surface area contributed by atoms with Gasteiger partial charge in [0.15, 0.2) is 16.8 Å². The number of halogens is 2. The predicted octanol–water partition coefficient (Wildman–Crippen LogP) is 3.82. The van der Waals surface area contributed by atoms with Crippen LogP contribution in [0.3, 0.4) is 0 Å². The Bertz CT molecular complexity index is 1150. The molecule has 29 heavy (non-hydrogen) atoms. The van der Waals surface area contributed by atoms with Crippen LogP contribution in [0.15, 0.2) is 58.5 Å². The van der Waals surface area contributed by atoms with Crippen LogP contribution >= 0.6 is 11.8 Å². The summed E-state index contributed by atoms with van der Waals surface area (Å²) < 4.78 is 29.7. The Morgan fingerprint density at radius 1 is 1.14 bits per heavy atom. The van der Waals surface area contributed by atoms with E-state index in [0.29, 0.717) is 10.9 Å². The molecule has 1 N–H and O–H groups in total. The highest BCUT2D eigenvalue weighted by Crippen LogP contribution is 2.37. The highest BCUT2D eigenvalue weighted by atomic mass is 32.2. The Balaban J connectivity index is 1.76. The van der Waals surface area contributed by atoms with Gasteiger partial charge >= 0.3 is 0 Å². The number of rotatable bonds is 4. The van der Waals surface area contributed by atoms with E-state index >= 15 is 0 Å². The first-order valence-corrected chi connectivity index (χ1v) is 9.95. The summed E-state index contributed by atoms with van der Waals surface area (Å²) in [6.07, 6.45) is -0.152. The van der Waals surface area contributed by atoms with Gasteiger partial charge in [0.2, 0.25) is 5.91 Å². The molecule has 1 aliphatic heterocycles. The van der Waals surface area contributed by atoms with Crippen molar-refractivity contribution in [1.29, 1.82) is 0 Å². The van der Waals surface area contributed by atoms with Gasteiger partial charge in [-0.1, -0.05) is 54.2 Å². The Labute approximate surface area is 169 Å². The predicted molar refractivity (Wildman–Crippen MR) is 107 cm³/mol. The number of fused-ring (bicyclic) bond motifs is 1. The van der Waals surface area contributed by atoms with E-state index in [2.05, 4.69) is 10.3 Å². The lowest BCUT2D eigenvalue weighted by Gasteiger charge is -2.27. The molecule has 0 fully saturated rings. The molecule has 1 aliphatic rings. The molecule has 0 saturated heterocycles. The Hall–Kier alpha value is -3.00. The molecule has 0 spiro atoms. The smallest absolute Gasteiger partial charge is 0.279 e. The Kier molecular flexibility index (Phi) is 5.19. The quantitative estimate of drug-likeness (QED) is 0.522. The highest BCUT2D eigenvalue weighted by Gasteiger charge is 2.34. The summed E-state index contributed by atoms with van der Waals surface area (Å²) in [6, 6.07) is 13.5. The van der Waals surface area contributed by atoms with Gasteiger partial charge in [-0.15, -0.1) is 0 Å². The molecule has 1 aromatic heterocycles. The number of thioether (sulfide) groups is 1. The Morgan fingerprint density at radius 2 is 1.90 bits per heavy atom. The molecule has 0 radical (unpaired) electrons. The summed E-state index contributed by atoms with van der Waals surface area (Å²) in [5.74, 6) is -2.47. The van der Waals surface area contributed by atoms with Crippen molar-refractivity contribution < 1.29 is 13.6 Å². The number of hydrogen-bond donors (Lipinski definition) is 1. The number of hydrogen-bond acceptors (Lipinski definition) is 4. The number of amides is 1. The number of carbonyl (C=O) groups is 1. The summed E-state index contributed by atoms with van der Waals surface area (Å²) in [5.41, 5.74) is 0.654. The maximum Gasteiger partial charge on any atom is 0.279 e. The first-order chi connectivity index (χ1) is 14.0. The molecule has 1 atom stereocenters. The molecule has 2 aromatic carbocycles. The zero-order valence-corrected chi connectivity index (χ0v) is 16.3. The minimum absolute atomic E-state index is 0.0234. The van der Waals surface area contributed by atoms with Gasteiger partial charge in [-0.3, -0.25) is 9.59 Å². The van der Waals surface area contributed by atoms with Crippen LogP contribution in [-0.4, -0.2) is 15.5 Å². The average molecular weight is 413 g/mol. The van der Waals surface area contributed by atoms with Crippen molar-refractivity contribution in [3.63, 3.8) is 0 Å². The van der Waals surface area contributed by atoms with E-state index in [4.69, 9.17) is 0 Å². The summed E-state index contributed by atoms with van der Waals surface area (Å²) in [5, 5.41) is 3.12. The summed E-state index contributed by atoms with van der Waals surface area (Å²) in [7, 11) is 1.68. The molecule has 1 unspecified atom stereocenters. The molecule has 8 heteroatoms. The van der Waals surface area contributed by atoms with E-state index in [9.17, 15) is 18.4 Å². The SMILES string of the molecule is Cn1c(SCc2ccccc2)nc(=O)c2c1NC(=O)CC2c1cccc(F)c1F. The van der Waals surface area contributed by atoms with Gasteiger partial charge in [-0.2, -0.15) is 4.98 Å². The van der Waals surface area contributed by atoms with E-state index in [1.807, 2.05) is 30.3 Å². The van der Waals surface area contributed by atoms with Gasteiger partial charge in [0.25, 0.3) is 5.56 Å². The number of carbonyl (C=O) groups excluding carboxylic acids is 1. The van der Waals surface area contributed by atoms with E-state index in [-0.39, 0.29) is 29.3 Å². The third kappa shape index (κ3) is 3.67. The molecule has 4 rings (SSSR count). The second-order valence-electron chi connectivity index (χ2n) is 6.74. The fourth-order valence-corrected chi connectivity index (χ4v) is 4.36. The van der Waals surface area contributed by atoms with Crippen molar-refractivity contribution in [3.05, 3.63) is 87.2 Å². The molecule has 2 heterocycles. The van der Waals surface area contributed by atoms with Gasteiger partial charge in [0.05, 0.1) is 5.56 Å². The van der Waals surface area contributed by atoms with Crippen molar-refractivity contribution >= 4 is 23.5 Å². The third-order valence-electron chi connectivity index (χ3n) is 4.87. The van der Waals surface area contributed by atoms with Gasteiger partial charge in [-0.05, 0) is 17.2 Å². The van der Waals surface area contributed by atoms with Crippen LogP contribution in [-0.2, 0) is 17.6 Å². The van der Waals surface area contributed by atoms with Crippen molar-refractivity contribution in [2.75, 3.05) is 5.32 Å². The normalized spacial score (nSPS) is 15.7. The Morgan fingerprint density at radius 3 is 2.66 bits per heavy atom. The summed E-state index contributed by atoms with van der Waals surface area (Å²) >= 11 is 1.36. The van der Waals surface area contributed by atoms with Crippen LogP contribution in [0.25, 0.3) is 0 Å².